The van der Waals surface area contributed by atoms with Gasteiger partial charge in [0, 0.05) is 0 Å². The molecule has 0 aliphatic rings. The Bertz CT molecular complexity index is 606. The first-order valence-corrected chi connectivity index (χ1v) is 7.49. The van der Waals surface area contributed by atoms with E-state index in [2.05, 4.69) is 9.72 Å². The molecule has 2 aromatic rings. The molecule has 0 saturated carbocycles. The summed E-state index contributed by atoms with van der Waals surface area (Å²) in [4.78, 5) is 0. The van der Waals surface area contributed by atoms with Gasteiger partial charge in [0.05, 0.1) is 13.7 Å². The van der Waals surface area contributed by atoms with Crippen LogP contribution in [-0.2, 0) is 7.05 Å². The molecule has 2 rings (SSSR count). The average Bonchev–Trinajstić information content (AvgIpc) is 2.77. The van der Waals surface area contributed by atoms with Gasteiger partial charge in [0.2, 0.25) is 0 Å². The van der Waals surface area contributed by atoms with Crippen molar-refractivity contribution in [1.82, 2.24) is 4.57 Å². The summed E-state index contributed by atoms with van der Waals surface area (Å²) in [5.74, 6) is 0.857. The zero-order valence-electron chi connectivity index (χ0n) is 11.8. The Hall–Kier alpha value is -1.95. The lowest BCUT2D eigenvalue weighted by molar-refractivity contribution is -0.636. The highest BCUT2D eigenvalue weighted by molar-refractivity contribution is 7.98. The van der Waals surface area contributed by atoms with Crippen molar-refractivity contribution < 1.29 is 14.5 Å². The van der Waals surface area contributed by atoms with Crippen LogP contribution < -0.4 is 9.30 Å². The third-order valence-corrected chi connectivity index (χ3v) is 3.78. The first-order chi connectivity index (χ1) is 9.71. The van der Waals surface area contributed by atoms with Gasteiger partial charge in [0.15, 0.2) is 5.69 Å². The molecule has 0 saturated heterocycles. The lowest BCUT2D eigenvalue weighted by Gasteiger charge is -2.03. The van der Waals surface area contributed by atoms with Crippen LogP contribution in [0.4, 0.5) is 0 Å². The van der Waals surface area contributed by atoms with E-state index < -0.39 is 0 Å². The van der Waals surface area contributed by atoms with Gasteiger partial charge in [-0.15, -0.1) is 0 Å². The highest BCUT2D eigenvalue weighted by atomic mass is 32.2. The number of hydrogen-bond donors (Lipinski definition) is 1. The van der Waals surface area contributed by atoms with Crippen molar-refractivity contribution in [1.29, 1.82) is 0 Å². The van der Waals surface area contributed by atoms with Crippen LogP contribution in [0.25, 0.3) is 5.69 Å². The molecule has 6 heteroatoms. The molecule has 0 unspecified atom stereocenters. The maximum absolute atomic E-state index is 8.71. The first-order valence-electron chi connectivity index (χ1n) is 6.27. The fraction of sp³-hybridized carbons (Fsp3) is 0.286. The number of rotatable bonds is 5. The maximum atomic E-state index is 8.71. The second-order valence-corrected chi connectivity index (χ2v) is 4.91. The third kappa shape index (κ3) is 2.80. The van der Waals surface area contributed by atoms with Crippen molar-refractivity contribution in [2.45, 2.75) is 12.1 Å². The number of nitrogens with zero attached hydrogens (tertiary/aromatic N) is 3. The molecule has 0 spiro atoms. The lowest BCUT2D eigenvalue weighted by Crippen LogP contribution is -2.31. The molecule has 1 heterocycles. The summed E-state index contributed by atoms with van der Waals surface area (Å²) >= 11 is 1.63. The third-order valence-electron chi connectivity index (χ3n) is 2.94. The van der Waals surface area contributed by atoms with E-state index in [-0.39, 0.29) is 0 Å². The Morgan fingerprint density at radius 2 is 2.10 bits per heavy atom. The molecule has 0 aliphatic carbocycles. The molecular weight excluding hydrogens is 274 g/mol. The summed E-state index contributed by atoms with van der Waals surface area (Å²) in [7, 11) is 1.94. The van der Waals surface area contributed by atoms with Crippen LogP contribution in [-0.4, -0.2) is 28.9 Å². The molecule has 1 N–H and O–H groups in total. The number of hydrogen-bond acceptors (Lipinski definition) is 4. The van der Waals surface area contributed by atoms with Gasteiger partial charge < -0.3 is 9.94 Å². The molecule has 0 aliphatic heterocycles. The Morgan fingerprint density at radius 1 is 1.40 bits per heavy atom. The van der Waals surface area contributed by atoms with Crippen LogP contribution in [0.3, 0.4) is 0 Å². The molecule has 1 aromatic heterocycles. The second kappa shape index (κ2) is 6.47. The predicted octanol–water partition coefficient (Wildman–Crippen LogP) is 2.23. The van der Waals surface area contributed by atoms with Gasteiger partial charge in [-0.2, -0.15) is 4.57 Å². The Balaban J connectivity index is 2.43. The van der Waals surface area contributed by atoms with Gasteiger partial charge >= 0.3 is 5.16 Å². The summed E-state index contributed by atoms with van der Waals surface area (Å²) in [5, 5.41) is 12.9. The first kappa shape index (κ1) is 14.5. The molecule has 0 bridgehead atoms. The average molecular weight is 292 g/mol. The van der Waals surface area contributed by atoms with Crippen molar-refractivity contribution in [2.75, 3.05) is 12.9 Å². The lowest BCUT2D eigenvalue weighted by atomic mass is 10.3. The minimum absolute atomic E-state index is 0.658. The van der Waals surface area contributed by atoms with Gasteiger partial charge in [-0.05, 0) is 49.2 Å². The number of thioether (sulfide) groups is 1. The Morgan fingerprint density at radius 3 is 2.65 bits per heavy atom. The van der Waals surface area contributed by atoms with E-state index in [9.17, 15) is 0 Å². The summed E-state index contributed by atoms with van der Waals surface area (Å²) in [6, 6.07) is 7.90. The van der Waals surface area contributed by atoms with Crippen LogP contribution in [0.5, 0.6) is 5.75 Å². The van der Waals surface area contributed by atoms with E-state index in [0.29, 0.717) is 6.61 Å². The fourth-order valence-electron chi connectivity index (χ4n) is 2.02. The molecule has 106 valence electrons. The van der Waals surface area contributed by atoms with E-state index >= 15 is 0 Å². The summed E-state index contributed by atoms with van der Waals surface area (Å²) < 4.78 is 9.47. The van der Waals surface area contributed by atoms with Crippen LogP contribution in [0, 0.1) is 0 Å². The van der Waals surface area contributed by atoms with Crippen LogP contribution in [0.15, 0.2) is 40.8 Å². The van der Waals surface area contributed by atoms with Crippen LogP contribution >= 0.6 is 11.8 Å². The minimum atomic E-state index is 0.658. The van der Waals surface area contributed by atoms with Crippen LogP contribution in [0.1, 0.15) is 12.6 Å². The monoisotopic (exact) mass is 292 g/mol. The van der Waals surface area contributed by atoms with Crippen molar-refractivity contribution in [3.63, 3.8) is 0 Å². The fourth-order valence-corrected chi connectivity index (χ4v) is 2.75. The van der Waals surface area contributed by atoms with Crippen LogP contribution in [0.2, 0.25) is 0 Å². The highest BCUT2D eigenvalue weighted by Gasteiger charge is 2.20. The summed E-state index contributed by atoms with van der Waals surface area (Å²) in [6.45, 7) is 2.62. The number of imidazole rings is 1. The molecule has 1 aromatic carbocycles. The zero-order chi connectivity index (χ0) is 14.5. The minimum Gasteiger partial charge on any atom is -0.494 e. The van der Waals surface area contributed by atoms with Gasteiger partial charge in [-0.1, -0.05) is 5.16 Å². The van der Waals surface area contributed by atoms with Gasteiger partial charge in [-0.3, -0.25) is 0 Å². The molecular formula is C14H18N3O2S+. The van der Waals surface area contributed by atoms with Crippen molar-refractivity contribution in [2.24, 2.45) is 12.2 Å². The molecule has 0 amide bonds. The Kier molecular flexibility index (Phi) is 4.68. The smallest absolute Gasteiger partial charge is 0.323 e. The molecule has 5 nitrogen and oxygen atoms in total. The highest BCUT2D eigenvalue weighted by Crippen LogP contribution is 2.17. The van der Waals surface area contributed by atoms with Crippen molar-refractivity contribution in [3.05, 3.63) is 36.2 Å². The standard InChI is InChI=1S/C14H17N3O2S/c1-4-19-13-7-5-11(6-8-13)17-10-12(9-15-18)16(2)14(17)20-3/h5-10H,4H2,1-3H3/p+1/b15-9+. The number of oxime groups is 1. The summed E-state index contributed by atoms with van der Waals surface area (Å²) in [5.41, 5.74) is 1.86. The second-order valence-electron chi connectivity index (χ2n) is 4.14. The largest absolute Gasteiger partial charge is 0.494 e. The van der Waals surface area contributed by atoms with E-state index in [1.165, 1.54) is 6.21 Å². The van der Waals surface area contributed by atoms with E-state index in [4.69, 9.17) is 9.94 Å². The van der Waals surface area contributed by atoms with Crippen molar-refractivity contribution >= 4 is 18.0 Å². The van der Waals surface area contributed by atoms with E-state index in [1.54, 1.807) is 11.8 Å². The number of benzene rings is 1. The van der Waals surface area contributed by atoms with Crippen molar-refractivity contribution in [3.8, 4) is 11.4 Å². The molecule has 20 heavy (non-hydrogen) atoms. The number of ether oxygens (including phenoxy) is 1. The van der Waals surface area contributed by atoms with E-state index in [1.807, 2.05) is 55.3 Å². The molecule has 0 atom stereocenters. The normalized spacial score (nSPS) is 11.2. The maximum Gasteiger partial charge on any atom is 0.323 e. The van der Waals surface area contributed by atoms with Gasteiger partial charge in [0.25, 0.3) is 0 Å². The predicted molar refractivity (Wildman–Crippen MR) is 79.3 cm³/mol. The summed E-state index contributed by atoms with van der Waals surface area (Å²) in [6.07, 6.45) is 5.37. The van der Waals surface area contributed by atoms with Gasteiger partial charge in [0.1, 0.15) is 23.8 Å². The topological polar surface area (TPSA) is 50.6 Å². The molecule has 0 radical (unpaired) electrons. The van der Waals surface area contributed by atoms with E-state index in [0.717, 1.165) is 22.3 Å². The van der Waals surface area contributed by atoms with Gasteiger partial charge in [-0.25, -0.2) is 4.57 Å². The Labute approximate surface area is 122 Å². The number of aromatic nitrogens is 2. The molecule has 0 fully saturated rings. The zero-order valence-corrected chi connectivity index (χ0v) is 12.6. The quantitative estimate of drug-likeness (QED) is 0.302. The SMILES string of the molecule is CCOc1ccc(-[n+]2cc(/C=N/O)n(C)c2SC)cc1.